The van der Waals surface area contributed by atoms with Crippen LogP contribution in [-0.2, 0) is 4.84 Å². The van der Waals surface area contributed by atoms with Crippen LogP contribution < -0.4 is 0 Å². The lowest BCUT2D eigenvalue weighted by Crippen LogP contribution is -2.53. The topological polar surface area (TPSA) is 58.8 Å². The molecule has 1 fully saturated rings. The summed E-state index contributed by atoms with van der Waals surface area (Å²) in [5.74, 6) is 0. The van der Waals surface area contributed by atoms with Crippen molar-refractivity contribution in [2.45, 2.75) is 26.3 Å². The summed E-state index contributed by atoms with van der Waals surface area (Å²) < 4.78 is 0. The number of hydrogen-bond donors (Lipinski definition) is 0. The van der Waals surface area contributed by atoms with Gasteiger partial charge in [-0.05, 0) is 20.8 Å². The Morgan fingerprint density at radius 3 is 2.25 bits per heavy atom. The third-order valence-corrected chi connectivity index (χ3v) is 2.93. The molecular weight excluding hydrogens is 210 g/mol. The van der Waals surface area contributed by atoms with E-state index in [4.69, 9.17) is 0 Å². The van der Waals surface area contributed by atoms with Gasteiger partial charge in [0.15, 0.2) is 0 Å². The normalized spacial score (nSPS) is 19.7. The van der Waals surface area contributed by atoms with Gasteiger partial charge in [-0.15, -0.1) is 10.1 Å². The van der Waals surface area contributed by atoms with E-state index in [1.165, 1.54) is 0 Å². The first-order chi connectivity index (χ1) is 7.39. The fourth-order valence-electron chi connectivity index (χ4n) is 1.89. The van der Waals surface area contributed by atoms with Crippen LogP contribution >= 0.6 is 0 Å². The summed E-state index contributed by atoms with van der Waals surface area (Å²) in [4.78, 5) is 18.9. The fourth-order valence-corrected chi connectivity index (χ4v) is 1.89. The molecule has 1 aliphatic heterocycles. The smallest absolute Gasteiger partial charge is 0.294 e. The molecule has 0 N–H and O–H groups in total. The Labute approximate surface area is 96.3 Å². The minimum absolute atomic E-state index is 0.169. The van der Waals surface area contributed by atoms with Crippen LogP contribution in [0.4, 0.5) is 0 Å². The largest absolute Gasteiger partial charge is 0.313 e. The van der Waals surface area contributed by atoms with Gasteiger partial charge in [-0.3, -0.25) is 9.80 Å². The van der Waals surface area contributed by atoms with E-state index in [0.29, 0.717) is 6.54 Å². The van der Waals surface area contributed by atoms with E-state index < -0.39 is 5.09 Å². The molecule has 0 saturated carbocycles. The van der Waals surface area contributed by atoms with Gasteiger partial charge in [0.05, 0.1) is 0 Å². The van der Waals surface area contributed by atoms with Gasteiger partial charge >= 0.3 is 0 Å². The van der Waals surface area contributed by atoms with E-state index in [0.717, 1.165) is 26.2 Å². The molecule has 0 bridgehead atoms. The molecule has 0 aliphatic carbocycles. The maximum absolute atomic E-state index is 9.98. The number of rotatable bonds is 4. The summed E-state index contributed by atoms with van der Waals surface area (Å²) in [7, 11) is 0. The summed E-state index contributed by atoms with van der Waals surface area (Å²) in [6, 6.07) is 0. The SMILES string of the molecule is CC(C)(C)N1CCN(CCO[N+](=O)[O-])CC1. The molecule has 1 rings (SSSR count). The van der Waals surface area contributed by atoms with E-state index in [1.807, 2.05) is 0 Å². The quantitative estimate of drug-likeness (QED) is 0.524. The van der Waals surface area contributed by atoms with E-state index in [9.17, 15) is 10.1 Å². The second-order valence-electron chi connectivity index (χ2n) is 5.06. The van der Waals surface area contributed by atoms with Crippen molar-refractivity contribution in [1.82, 2.24) is 9.80 Å². The van der Waals surface area contributed by atoms with Crippen molar-refractivity contribution < 1.29 is 9.92 Å². The van der Waals surface area contributed by atoms with Crippen molar-refractivity contribution in [3.8, 4) is 0 Å². The summed E-state index contributed by atoms with van der Waals surface area (Å²) >= 11 is 0. The Hall–Kier alpha value is -0.880. The molecule has 0 radical (unpaired) electrons. The molecule has 0 unspecified atom stereocenters. The first-order valence-electron chi connectivity index (χ1n) is 5.64. The maximum atomic E-state index is 9.98. The highest BCUT2D eigenvalue weighted by molar-refractivity contribution is 4.81. The summed E-state index contributed by atoms with van der Waals surface area (Å²) in [5.41, 5.74) is 0.212. The van der Waals surface area contributed by atoms with Crippen molar-refractivity contribution in [3.05, 3.63) is 10.1 Å². The Morgan fingerprint density at radius 1 is 1.25 bits per heavy atom. The van der Waals surface area contributed by atoms with Crippen LogP contribution in [0.3, 0.4) is 0 Å². The second-order valence-corrected chi connectivity index (χ2v) is 5.06. The third kappa shape index (κ3) is 4.32. The molecule has 6 heteroatoms. The summed E-state index contributed by atoms with van der Waals surface area (Å²) in [6.07, 6.45) is 0. The molecule has 0 amide bonds. The van der Waals surface area contributed by atoms with E-state index >= 15 is 0 Å². The van der Waals surface area contributed by atoms with Crippen molar-refractivity contribution in [1.29, 1.82) is 0 Å². The Kier molecular flexibility index (Phi) is 4.49. The van der Waals surface area contributed by atoms with Gasteiger partial charge in [0.2, 0.25) is 0 Å². The molecule has 1 heterocycles. The zero-order chi connectivity index (χ0) is 12.2. The van der Waals surface area contributed by atoms with Crippen LogP contribution in [0.25, 0.3) is 0 Å². The summed E-state index contributed by atoms with van der Waals surface area (Å²) in [6.45, 7) is 11.4. The lowest BCUT2D eigenvalue weighted by atomic mass is 10.1. The lowest BCUT2D eigenvalue weighted by Gasteiger charge is -2.42. The first-order valence-corrected chi connectivity index (χ1v) is 5.64. The average Bonchev–Trinajstić information content (AvgIpc) is 2.16. The predicted molar refractivity (Wildman–Crippen MR) is 60.7 cm³/mol. The molecule has 0 spiro atoms. The molecule has 16 heavy (non-hydrogen) atoms. The van der Waals surface area contributed by atoms with E-state index in [2.05, 4.69) is 35.4 Å². The zero-order valence-corrected chi connectivity index (χ0v) is 10.3. The zero-order valence-electron chi connectivity index (χ0n) is 10.3. The predicted octanol–water partition coefficient (Wildman–Crippen LogP) is 0.611. The lowest BCUT2D eigenvalue weighted by molar-refractivity contribution is -0.757. The van der Waals surface area contributed by atoms with Gasteiger partial charge in [-0.1, -0.05) is 0 Å². The number of hydrogen-bond acceptors (Lipinski definition) is 5. The minimum atomic E-state index is -0.731. The van der Waals surface area contributed by atoms with Crippen LogP contribution in [-0.4, -0.2) is 59.8 Å². The van der Waals surface area contributed by atoms with Crippen molar-refractivity contribution in [2.24, 2.45) is 0 Å². The van der Waals surface area contributed by atoms with Gasteiger partial charge in [0.1, 0.15) is 6.61 Å². The van der Waals surface area contributed by atoms with Crippen LogP contribution in [0, 0.1) is 10.1 Å². The van der Waals surface area contributed by atoms with Gasteiger partial charge in [0.25, 0.3) is 5.09 Å². The van der Waals surface area contributed by atoms with E-state index in [1.54, 1.807) is 0 Å². The molecule has 0 aromatic heterocycles. The van der Waals surface area contributed by atoms with Crippen molar-refractivity contribution in [2.75, 3.05) is 39.3 Å². The molecule has 94 valence electrons. The number of piperazine rings is 1. The molecule has 0 aromatic rings. The highest BCUT2D eigenvalue weighted by Gasteiger charge is 2.25. The number of nitrogens with zero attached hydrogens (tertiary/aromatic N) is 3. The summed E-state index contributed by atoms with van der Waals surface area (Å²) in [5, 5.41) is 9.25. The van der Waals surface area contributed by atoms with Gasteiger partial charge in [0, 0.05) is 38.3 Å². The molecule has 6 nitrogen and oxygen atoms in total. The molecule has 0 aromatic carbocycles. The average molecular weight is 231 g/mol. The Balaban J connectivity index is 2.19. The molecular formula is C10H21N3O3. The van der Waals surface area contributed by atoms with Crippen LogP contribution in [0.2, 0.25) is 0 Å². The fraction of sp³-hybridized carbons (Fsp3) is 1.00. The molecule has 0 atom stereocenters. The molecule has 1 aliphatic rings. The van der Waals surface area contributed by atoms with Crippen LogP contribution in [0.15, 0.2) is 0 Å². The van der Waals surface area contributed by atoms with Gasteiger partial charge in [-0.2, -0.15) is 0 Å². The van der Waals surface area contributed by atoms with Crippen molar-refractivity contribution >= 4 is 0 Å². The van der Waals surface area contributed by atoms with Crippen LogP contribution in [0.1, 0.15) is 20.8 Å². The second kappa shape index (κ2) is 5.45. The van der Waals surface area contributed by atoms with Gasteiger partial charge in [-0.25, -0.2) is 0 Å². The van der Waals surface area contributed by atoms with Gasteiger partial charge < -0.3 is 4.84 Å². The Morgan fingerprint density at radius 2 is 1.81 bits per heavy atom. The van der Waals surface area contributed by atoms with E-state index in [-0.39, 0.29) is 12.1 Å². The van der Waals surface area contributed by atoms with Crippen LogP contribution in [0.5, 0.6) is 0 Å². The molecule has 1 saturated heterocycles. The first kappa shape index (κ1) is 13.2. The monoisotopic (exact) mass is 231 g/mol. The highest BCUT2D eigenvalue weighted by atomic mass is 16.9. The maximum Gasteiger partial charge on any atom is 0.294 e. The third-order valence-electron chi connectivity index (χ3n) is 2.93. The minimum Gasteiger partial charge on any atom is -0.313 e. The van der Waals surface area contributed by atoms with Crippen molar-refractivity contribution in [3.63, 3.8) is 0 Å². The highest BCUT2D eigenvalue weighted by Crippen LogP contribution is 2.15. The Bertz CT molecular complexity index is 232. The standard InChI is InChI=1S/C10H21N3O3/c1-10(2,3)12-6-4-11(5-7-12)8-9-16-13(14)15/h4-9H2,1-3H3.